The number of benzene rings is 3. The summed E-state index contributed by atoms with van der Waals surface area (Å²) >= 11 is 0. The van der Waals surface area contributed by atoms with Crippen molar-refractivity contribution in [3.63, 3.8) is 0 Å². The molecule has 0 aliphatic heterocycles. The van der Waals surface area contributed by atoms with Gasteiger partial charge in [0.2, 0.25) is 0 Å². The Kier molecular flexibility index (Phi) is 5.00. The number of methoxy groups -OCH3 is 1. The zero-order valence-corrected chi connectivity index (χ0v) is 14.1. The minimum absolute atomic E-state index is 0.0454. The molecule has 0 amide bonds. The number of carbonyl (C=O) groups excluding carboxylic acids is 1. The first-order valence-corrected chi connectivity index (χ1v) is 8.19. The third-order valence-electron chi connectivity index (χ3n) is 4.42. The zero-order chi connectivity index (χ0) is 17.8. The molecule has 1 unspecified atom stereocenters. The van der Waals surface area contributed by atoms with Gasteiger partial charge >= 0.3 is 0 Å². The number of phenolic OH excluding ortho intramolecular Hbond substituents is 1. The zero-order valence-electron chi connectivity index (χ0n) is 14.1. The average molecular weight is 335 g/mol. The van der Waals surface area contributed by atoms with Gasteiger partial charge in [0.15, 0.2) is 11.5 Å². The molecule has 3 aromatic rings. The predicted molar refractivity (Wildman–Crippen MR) is 99.1 cm³/mol. The van der Waals surface area contributed by atoms with E-state index in [4.69, 9.17) is 10.5 Å². The molecule has 4 nitrogen and oxygen atoms in total. The van der Waals surface area contributed by atoms with Crippen molar-refractivity contribution < 1.29 is 14.6 Å². The van der Waals surface area contributed by atoms with Gasteiger partial charge in [-0.2, -0.15) is 0 Å². The molecule has 1 atom stereocenters. The Hall–Kier alpha value is -2.85. The van der Waals surface area contributed by atoms with E-state index in [9.17, 15) is 9.90 Å². The number of hydrogen-bond donors (Lipinski definition) is 2. The molecule has 0 aromatic heterocycles. The summed E-state index contributed by atoms with van der Waals surface area (Å²) in [4.78, 5) is 12.8. The van der Waals surface area contributed by atoms with Crippen molar-refractivity contribution in [1.82, 2.24) is 0 Å². The molecular weight excluding hydrogens is 314 g/mol. The van der Waals surface area contributed by atoms with Gasteiger partial charge in [-0.3, -0.25) is 4.79 Å². The van der Waals surface area contributed by atoms with Gasteiger partial charge in [-0.25, -0.2) is 0 Å². The topological polar surface area (TPSA) is 72.5 Å². The molecule has 3 rings (SSSR count). The molecule has 4 heteroatoms. The lowest BCUT2D eigenvalue weighted by molar-refractivity contribution is -0.119. The Morgan fingerprint density at radius 2 is 1.84 bits per heavy atom. The molecule has 0 fully saturated rings. The van der Waals surface area contributed by atoms with Crippen molar-refractivity contribution in [3.05, 3.63) is 71.8 Å². The lowest BCUT2D eigenvalue weighted by Crippen LogP contribution is -2.23. The van der Waals surface area contributed by atoms with Crippen molar-refractivity contribution in [2.24, 2.45) is 5.73 Å². The Balaban J connectivity index is 1.84. The average Bonchev–Trinajstić information content (AvgIpc) is 2.63. The van der Waals surface area contributed by atoms with Crippen molar-refractivity contribution >= 4 is 16.6 Å². The lowest BCUT2D eigenvalue weighted by Gasteiger charge is -2.16. The van der Waals surface area contributed by atoms with Crippen LogP contribution in [-0.2, 0) is 11.2 Å². The van der Waals surface area contributed by atoms with Crippen LogP contribution in [0.4, 0.5) is 0 Å². The maximum atomic E-state index is 12.8. The number of rotatable bonds is 6. The van der Waals surface area contributed by atoms with E-state index in [1.807, 2.05) is 42.5 Å². The van der Waals surface area contributed by atoms with Gasteiger partial charge in [0.05, 0.1) is 13.0 Å². The van der Waals surface area contributed by atoms with Crippen LogP contribution in [0, 0.1) is 0 Å². The van der Waals surface area contributed by atoms with E-state index in [1.54, 1.807) is 12.1 Å². The second-order valence-corrected chi connectivity index (χ2v) is 6.04. The van der Waals surface area contributed by atoms with Gasteiger partial charge in [0.1, 0.15) is 5.78 Å². The van der Waals surface area contributed by atoms with Crippen LogP contribution in [0.5, 0.6) is 11.5 Å². The molecule has 25 heavy (non-hydrogen) atoms. The molecule has 3 aromatic carbocycles. The lowest BCUT2D eigenvalue weighted by atomic mass is 9.90. The second kappa shape index (κ2) is 7.36. The Morgan fingerprint density at radius 3 is 2.56 bits per heavy atom. The molecule has 0 radical (unpaired) electrons. The van der Waals surface area contributed by atoms with Gasteiger partial charge in [-0.05, 0) is 34.0 Å². The maximum absolute atomic E-state index is 12.8. The van der Waals surface area contributed by atoms with Crippen molar-refractivity contribution in [2.75, 3.05) is 13.7 Å². The highest BCUT2D eigenvalue weighted by atomic mass is 16.5. The van der Waals surface area contributed by atoms with Crippen molar-refractivity contribution in [1.29, 1.82) is 0 Å². The van der Waals surface area contributed by atoms with Crippen LogP contribution in [0.3, 0.4) is 0 Å². The summed E-state index contributed by atoms with van der Waals surface area (Å²) in [5.74, 6) is 0.00458. The quantitative estimate of drug-likeness (QED) is 0.724. The number of ketones is 1. The Morgan fingerprint density at radius 1 is 1.08 bits per heavy atom. The monoisotopic (exact) mass is 335 g/mol. The fraction of sp³-hybridized carbons (Fsp3) is 0.190. The van der Waals surface area contributed by atoms with Gasteiger partial charge in [-0.1, -0.05) is 48.5 Å². The molecule has 0 saturated heterocycles. The largest absolute Gasteiger partial charge is 0.504 e. The molecule has 0 saturated carbocycles. The summed E-state index contributed by atoms with van der Waals surface area (Å²) in [6.07, 6.45) is 0.315. The molecule has 0 spiro atoms. The number of carbonyl (C=O) groups is 1. The molecule has 128 valence electrons. The second-order valence-electron chi connectivity index (χ2n) is 6.04. The number of fused-ring (bicyclic) bond motifs is 1. The van der Waals surface area contributed by atoms with Crippen LogP contribution in [0.1, 0.15) is 17.0 Å². The SMILES string of the molecule is COc1cc(C(CN)C(=O)Cc2ccc3ccccc3c2)ccc1O. The van der Waals surface area contributed by atoms with Gasteiger partial charge in [-0.15, -0.1) is 0 Å². The van der Waals surface area contributed by atoms with Gasteiger partial charge in [0.25, 0.3) is 0 Å². The van der Waals surface area contributed by atoms with E-state index in [-0.39, 0.29) is 18.1 Å². The Labute approximate surface area is 146 Å². The fourth-order valence-corrected chi connectivity index (χ4v) is 3.04. The van der Waals surface area contributed by atoms with E-state index < -0.39 is 5.92 Å². The minimum Gasteiger partial charge on any atom is -0.504 e. The summed E-state index contributed by atoms with van der Waals surface area (Å²) in [6, 6.07) is 19.0. The van der Waals surface area contributed by atoms with Crippen LogP contribution in [0.15, 0.2) is 60.7 Å². The van der Waals surface area contributed by atoms with Crippen LogP contribution in [0.2, 0.25) is 0 Å². The third-order valence-corrected chi connectivity index (χ3v) is 4.42. The third kappa shape index (κ3) is 3.64. The Bertz CT molecular complexity index is 905. The van der Waals surface area contributed by atoms with E-state index in [2.05, 4.69) is 0 Å². The fourth-order valence-electron chi connectivity index (χ4n) is 3.04. The first kappa shape index (κ1) is 17.0. The van der Waals surface area contributed by atoms with Crippen molar-refractivity contribution in [2.45, 2.75) is 12.3 Å². The highest BCUT2D eigenvalue weighted by Gasteiger charge is 2.20. The first-order chi connectivity index (χ1) is 12.1. The first-order valence-electron chi connectivity index (χ1n) is 8.19. The van der Waals surface area contributed by atoms with Crippen molar-refractivity contribution in [3.8, 4) is 11.5 Å². The summed E-state index contributed by atoms with van der Waals surface area (Å²) < 4.78 is 5.12. The predicted octanol–water partition coefficient (Wildman–Crippen LogP) is 3.41. The van der Waals surface area contributed by atoms with Crippen LogP contribution in [-0.4, -0.2) is 24.5 Å². The minimum atomic E-state index is -0.430. The van der Waals surface area contributed by atoms with Crippen LogP contribution in [0.25, 0.3) is 10.8 Å². The number of aromatic hydroxyl groups is 1. The number of ether oxygens (including phenoxy) is 1. The van der Waals surface area contributed by atoms with E-state index in [0.717, 1.165) is 21.9 Å². The highest BCUT2D eigenvalue weighted by molar-refractivity contribution is 5.90. The summed E-state index contributed by atoms with van der Waals surface area (Å²) in [5.41, 5.74) is 7.57. The number of phenols is 1. The van der Waals surface area contributed by atoms with E-state index >= 15 is 0 Å². The van der Waals surface area contributed by atoms with Crippen LogP contribution < -0.4 is 10.5 Å². The summed E-state index contributed by atoms with van der Waals surface area (Å²) in [7, 11) is 1.48. The van der Waals surface area contributed by atoms with E-state index in [1.165, 1.54) is 13.2 Å². The standard InChI is InChI=1S/C21H21NO3/c1-25-21-12-17(8-9-19(21)23)18(13-22)20(24)11-14-6-7-15-4-2-3-5-16(15)10-14/h2-10,12,18,23H,11,13,22H2,1H3. The number of hydrogen-bond acceptors (Lipinski definition) is 4. The van der Waals surface area contributed by atoms with Gasteiger partial charge < -0.3 is 15.6 Å². The smallest absolute Gasteiger partial charge is 0.160 e. The molecule has 0 aliphatic rings. The molecule has 0 bridgehead atoms. The molecule has 3 N–H and O–H groups in total. The number of Topliss-reactive ketones (excluding diaryl/α,β-unsaturated/α-hetero) is 1. The molecular formula is C21H21NO3. The van der Waals surface area contributed by atoms with Crippen LogP contribution >= 0.6 is 0 Å². The number of nitrogens with two attached hydrogens (primary N) is 1. The molecule has 0 aliphatic carbocycles. The van der Waals surface area contributed by atoms with Gasteiger partial charge in [0, 0.05) is 13.0 Å². The van der Waals surface area contributed by atoms with E-state index in [0.29, 0.717) is 12.2 Å². The normalized spacial score (nSPS) is 12.1. The maximum Gasteiger partial charge on any atom is 0.160 e. The molecule has 0 heterocycles. The highest BCUT2D eigenvalue weighted by Crippen LogP contribution is 2.30. The summed E-state index contributed by atoms with van der Waals surface area (Å²) in [5, 5.41) is 12.0. The summed E-state index contributed by atoms with van der Waals surface area (Å²) in [6.45, 7) is 0.209.